The first-order valence-electron chi connectivity index (χ1n) is 11.0. The minimum absolute atomic E-state index is 0.231. The van der Waals surface area contributed by atoms with Crippen molar-refractivity contribution in [1.82, 2.24) is 13.9 Å². The average Bonchev–Trinajstić information content (AvgIpc) is 3.45. The fourth-order valence-corrected chi connectivity index (χ4v) is 6.49. The molecule has 1 aliphatic carbocycles. The summed E-state index contributed by atoms with van der Waals surface area (Å²) in [5.41, 5.74) is 3.06. The van der Waals surface area contributed by atoms with Crippen molar-refractivity contribution in [2.75, 3.05) is 6.61 Å². The van der Waals surface area contributed by atoms with E-state index in [1.54, 1.807) is 36.5 Å². The number of nitrogens with zero attached hydrogens (tertiary/aromatic N) is 3. The fourth-order valence-electron chi connectivity index (χ4n) is 4.42. The summed E-state index contributed by atoms with van der Waals surface area (Å²) in [6.07, 6.45) is 9.53. The van der Waals surface area contributed by atoms with Crippen molar-refractivity contribution in [1.29, 1.82) is 0 Å². The second-order valence-electron chi connectivity index (χ2n) is 8.06. The van der Waals surface area contributed by atoms with Crippen molar-refractivity contribution in [3.05, 3.63) is 59.7 Å². The highest BCUT2D eigenvalue weighted by molar-refractivity contribution is 7.90. The van der Waals surface area contributed by atoms with Gasteiger partial charge >= 0.3 is 0 Å². The van der Waals surface area contributed by atoms with Crippen LogP contribution in [-0.4, -0.2) is 29.0 Å². The van der Waals surface area contributed by atoms with Crippen LogP contribution in [0.4, 0.5) is 0 Å². The zero-order valence-electron chi connectivity index (χ0n) is 17.9. The molecule has 0 aliphatic heterocycles. The molecule has 1 saturated carbocycles. The van der Waals surface area contributed by atoms with Crippen molar-refractivity contribution < 1.29 is 13.2 Å². The van der Waals surface area contributed by atoms with Gasteiger partial charge in [0.15, 0.2) is 5.65 Å². The molecule has 32 heavy (non-hydrogen) atoms. The van der Waals surface area contributed by atoms with Crippen LogP contribution in [0.5, 0.6) is 5.19 Å². The van der Waals surface area contributed by atoms with Crippen molar-refractivity contribution >= 4 is 32.4 Å². The molecule has 166 valence electrons. The molecule has 1 fully saturated rings. The van der Waals surface area contributed by atoms with Gasteiger partial charge in [0.25, 0.3) is 15.2 Å². The van der Waals surface area contributed by atoms with Gasteiger partial charge in [-0.2, -0.15) is 0 Å². The third-order valence-electron chi connectivity index (χ3n) is 6.04. The molecule has 0 atom stereocenters. The molecule has 1 aromatic carbocycles. The molecule has 0 amide bonds. The molecule has 0 spiro atoms. The summed E-state index contributed by atoms with van der Waals surface area (Å²) < 4.78 is 33.8. The summed E-state index contributed by atoms with van der Waals surface area (Å²) in [6.45, 7) is 2.45. The Kier molecular flexibility index (Phi) is 5.73. The van der Waals surface area contributed by atoms with Crippen LogP contribution in [0.15, 0.2) is 59.1 Å². The Bertz CT molecular complexity index is 1340. The van der Waals surface area contributed by atoms with Crippen LogP contribution in [0.2, 0.25) is 0 Å². The Morgan fingerprint density at radius 3 is 2.69 bits per heavy atom. The molecule has 0 unspecified atom stereocenters. The Hall–Kier alpha value is -2.71. The maximum atomic E-state index is 13.5. The highest BCUT2D eigenvalue weighted by Gasteiger charge is 2.25. The lowest BCUT2D eigenvalue weighted by Crippen LogP contribution is -2.12. The molecule has 5 rings (SSSR count). The van der Waals surface area contributed by atoms with E-state index in [2.05, 4.69) is 16.0 Å². The first-order valence-corrected chi connectivity index (χ1v) is 13.3. The molecule has 3 heterocycles. The Morgan fingerprint density at radius 2 is 1.94 bits per heavy atom. The lowest BCUT2D eigenvalue weighted by molar-refractivity contribution is 0.338. The van der Waals surface area contributed by atoms with E-state index in [4.69, 9.17) is 4.74 Å². The second-order valence-corrected chi connectivity index (χ2v) is 10.7. The molecule has 3 aromatic heterocycles. The summed E-state index contributed by atoms with van der Waals surface area (Å²) in [4.78, 5) is 9.49. The SMILES string of the molecule is CCOc1nc(-c2cn(S(=O)(=O)c3ccccc3)c3ncc(C4CCCCC4)cc23)cs1. The molecule has 8 heteroatoms. The highest BCUT2D eigenvalue weighted by Crippen LogP contribution is 2.38. The van der Waals surface area contributed by atoms with Gasteiger partial charge in [-0.25, -0.2) is 22.4 Å². The predicted octanol–water partition coefficient (Wildman–Crippen LogP) is 5.84. The lowest BCUT2D eigenvalue weighted by Gasteiger charge is -2.21. The minimum Gasteiger partial charge on any atom is -0.470 e. The molecule has 1 aliphatic rings. The number of hydrogen-bond acceptors (Lipinski definition) is 6. The van der Waals surface area contributed by atoms with Gasteiger partial charge in [-0.3, -0.25) is 0 Å². The summed E-state index contributed by atoms with van der Waals surface area (Å²) in [5, 5.41) is 3.29. The molecular formula is C24H25N3O3S2. The van der Waals surface area contributed by atoms with Crippen molar-refractivity contribution in [2.24, 2.45) is 0 Å². The number of ether oxygens (including phenoxy) is 1. The van der Waals surface area contributed by atoms with E-state index in [-0.39, 0.29) is 4.90 Å². The van der Waals surface area contributed by atoms with E-state index in [0.29, 0.717) is 29.1 Å². The van der Waals surface area contributed by atoms with Crippen LogP contribution in [0.3, 0.4) is 0 Å². The van der Waals surface area contributed by atoms with Crippen molar-refractivity contribution in [3.63, 3.8) is 0 Å². The van der Waals surface area contributed by atoms with Crippen LogP contribution in [-0.2, 0) is 10.0 Å². The first-order chi connectivity index (χ1) is 15.6. The third kappa shape index (κ3) is 3.82. The van der Waals surface area contributed by atoms with Gasteiger partial charge in [0.05, 0.1) is 17.2 Å². The molecule has 0 bridgehead atoms. The summed E-state index contributed by atoms with van der Waals surface area (Å²) in [6, 6.07) is 10.6. The molecule has 6 nitrogen and oxygen atoms in total. The number of fused-ring (bicyclic) bond motifs is 1. The van der Waals surface area contributed by atoms with E-state index in [0.717, 1.165) is 23.8 Å². The normalized spacial score (nSPS) is 15.3. The Labute approximate surface area is 192 Å². The largest absolute Gasteiger partial charge is 0.470 e. The van der Waals surface area contributed by atoms with Crippen LogP contribution < -0.4 is 4.74 Å². The Morgan fingerprint density at radius 1 is 1.16 bits per heavy atom. The maximum Gasteiger partial charge on any atom is 0.273 e. The van der Waals surface area contributed by atoms with Crippen molar-refractivity contribution in [2.45, 2.75) is 49.8 Å². The van der Waals surface area contributed by atoms with Gasteiger partial charge in [-0.05, 0) is 49.4 Å². The quantitative estimate of drug-likeness (QED) is 0.356. The molecule has 0 radical (unpaired) electrons. The van der Waals surface area contributed by atoms with E-state index in [9.17, 15) is 8.42 Å². The van der Waals surface area contributed by atoms with Crippen LogP contribution in [0, 0.1) is 0 Å². The van der Waals surface area contributed by atoms with Gasteiger partial charge in [0.2, 0.25) is 0 Å². The van der Waals surface area contributed by atoms with E-state index < -0.39 is 10.0 Å². The standard InChI is InChI=1S/C24H25N3O3S2/c1-2-30-24-26-22(16-31-24)21-15-27(32(28,29)19-11-7-4-8-12-19)23-20(21)13-18(14-25-23)17-9-5-3-6-10-17/h4,7-8,11-17H,2-3,5-6,9-10H2,1H3. The summed E-state index contributed by atoms with van der Waals surface area (Å²) >= 11 is 1.41. The zero-order chi connectivity index (χ0) is 22.1. The maximum absolute atomic E-state index is 13.5. The van der Waals surface area contributed by atoms with Gasteiger partial charge in [-0.15, -0.1) is 0 Å². The molecule has 0 N–H and O–H groups in total. The summed E-state index contributed by atoms with van der Waals surface area (Å²) in [7, 11) is -3.80. The first kappa shape index (κ1) is 21.2. The van der Waals surface area contributed by atoms with E-state index in [1.807, 2.05) is 18.5 Å². The molecule has 0 saturated heterocycles. The third-order valence-corrected chi connectivity index (χ3v) is 8.45. The zero-order valence-corrected chi connectivity index (χ0v) is 19.5. The van der Waals surface area contributed by atoms with E-state index in [1.165, 1.54) is 40.1 Å². The number of benzene rings is 1. The number of pyridine rings is 1. The minimum atomic E-state index is -3.80. The summed E-state index contributed by atoms with van der Waals surface area (Å²) in [5.74, 6) is 0.469. The number of aromatic nitrogens is 3. The van der Waals surface area contributed by atoms with Crippen LogP contribution in [0.25, 0.3) is 22.3 Å². The molecular weight excluding hydrogens is 442 g/mol. The number of hydrogen-bond donors (Lipinski definition) is 0. The number of thiazole rings is 1. The number of rotatable bonds is 6. The monoisotopic (exact) mass is 467 g/mol. The lowest BCUT2D eigenvalue weighted by atomic mass is 9.84. The predicted molar refractivity (Wildman–Crippen MR) is 127 cm³/mol. The molecule has 4 aromatic rings. The smallest absolute Gasteiger partial charge is 0.273 e. The van der Waals surface area contributed by atoms with Gasteiger partial charge in [0.1, 0.15) is 0 Å². The van der Waals surface area contributed by atoms with Crippen LogP contribution >= 0.6 is 11.3 Å². The highest BCUT2D eigenvalue weighted by atomic mass is 32.2. The van der Waals surface area contributed by atoms with Gasteiger partial charge in [-0.1, -0.05) is 48.8 Å². The van der Waals surface area contributed by atoms with Crippen molar-refractivity contribution in [3.8, 4) is 16.5 Å². The van der Waals surface area contributed by atoms with Gasteiger partial charge < -0.3 is 4.74 Å². The Balaban J connectivity index is 1.69. The topological polar surface area (TPSA) is 74.1 Å². The van der Waals surface area contributed by atoms with Crippen LogP contribution in [0.1, 0.15) is 50.5 Å². The second kappa shape index (κ2) is 8.67. The fraction of sp³-hybridized carbons (Fsp3) is 0.333. The van der Waals surface area contributed by atoms with Gasteiger partial charge in [0, 0.05) is 28.7 Å². The average molecular weight is 468 g/mol. The van der Waals surface area contributed by atoms with E-state index >= 15 is 0 Å².